The minimum atomic E-state index is 0.360. The first-order valence-electron chi connectivity index (χ1n) is 12.0. The van der Waals surface area contributed by atoms with E-state index in [1.54, 1.807) is 7.11 Å². The third-order valence-electron chi connectivity index (χ3n) is 6.49. The fourth-order valence-electron chi connectivity index (χ4n) is 4.75. The van der Waals surface area contributed by atoms with Crippen molar-refractivity contribution in [1.82, 2.24) is 15.1 Å². The molecule has 0 saturated carbocycles. The van der Waals surface area contributed by atoms with Crippen molar-refractivity contribution in [2.75, 3.05) is 53.6 Å². The van der Waals surface area contributed by atoms with Gasteiger partial charge in [0.05, 0.1) is 6.10 Å². The molecule has 0 aromatic heterocycles. The zero-order valence-corrected chi connectivity index (χ0v) is 19.8. The van der Waals surface area contributed by atoms with E-state index in [9.17, 15) is 0 Å². The van der Waals surface area contributed by atoms with Gasteiger partial charge in [-0.2, -0.15) is 0 Å². The van der Waals surface area contributed by atoms with E-state index in [1.165, 1.54) is 37.1 Å². The highest BCUT2D eigenvalue weighted by Gasteiger charge is 2.22. The number of hydrogen-bond donors (Lipinski definition) is 1. The SMILES string of the molecule is CN=C(NCc1ccccc1CN1CCCC(C)C1)N1CCC(OCCCOC)CC1. The number of methoxy groups -OCH3 is 1. The molecule has 174 valence electrons. The standard InChI is InChI=1S/C25H42N4O2/c1-21-8-6-13-28(19-21)20-23-10-5-4-9-22(23)18-27-25(26-2)29-14-11-24(12-15-29)31-17-7-16-30-3/h4-5,9-10,21,24H,6-8,11-20H2,1-3H3,(H,26,27). The van der Waals surface area contributed by atoms with Crippen LogP contribution in [0.2, 0.25) is 0 Å². The highest BCUT2D eigenvalue weighted by atomic mass is 16.5. The van der Waals surface area contributed by atoms with Crippen LogP contribution in [0.3, 0.4) is 0 Å². The molecule has 0 radical (unpaired) electrons. The fourth-order valence-corrected chi connectivity index (χ4v) is 4.75. The van der Waals surface area contributed by atoms with Crippen LogP contribution in [0.5, 0.6) is 0 Å². The lowest BCUT2D eigenvalue weighted by Crippen LogP contribution is -2.46. The molecule has 1 atom stereocenters. The molecule has 2 fully saturated rings. The van der Waals surface area contributed by atoms with Gasteiger partial charge in [-0.15, -0.1) is 0 Å². The van der Waals surface area contributed by atoms with Gasteiger partial charge in [0.2, 0.25) is 0 Å². The molecule has 0 spiro atoms. The number of nitrogens with one attached hydrogen (secondary N) is 1. The molecule has 1 unspecified atom stereocenters. The summed E-state index contributed by atoms with van der Waals surface area (Å²) in [6.07, 6.45) is 6.12. The van der Waals surface area contributed by atoms with Crippen molar-refractivity contribution in [1.29, 1.82) is 0 Å². The number of guanidine groups is 1. The van der Waals surface area contributed by atoms with E-state index < -0.39 is 0 Å². The molecule has 0 aliphatic carbocycles. The van der Waals surface area contributed by atoms with Crippen molar-refractivity contribution in [2.45, 2.75) is 58.2 Å². The number of aliphatic imine (C=N–C) groups is 1. The molecule has 1 aromatic rings. The average Bonchev–Trinajstić information content (AvgIpc) is 2.79. The number of hydrogen-bond acceptors (Lipinski definition) is 4. The second-order valence-electron chi connectivity index (χ2n) is 9.06. The monoisotopic (exact) mass is 430 g/mol. The van der Waals surface area contributed by atoms with Gasteiger partial charge in [-0.1, -0.05) is 31.2 Å². The summed E-state index contributed by atoms with van der Waals surface area (Å²) in [7, 11) is 3.63. The Morgan fingerprint density at radius 1 is 1.10 bits per heavy atom. The van der Waals surface area contributed by atoms with Crippen LogP contribution in [-0.2, 0) is 22.6 Å². The van der Waals surface area contributed by atoms with Gasteiger partial charge >= 0.3 is 0 Å². The summed E-state index contributed by atoms with van der Waals surface area (Å²) < 4.78 is 11.1. The molecule has 6 nitrogen and oxygen atoms in total. The molecule has 2 aliphatic rings. The van der Waals surface area contributed by atoms with Crippen molar-refractivity contribution in [2.24, 2.45) is 10.9 Å². The molecule has 31 heavy (non-hydrogen) atoms. The lowest BCUT2D eigenvalue weighted by atomic mass is 9.99. The quantitative estimate of drug-likeness (QED) is 0.369. The van der Waals surface area contributed by atoms with Crippen LogP contribution in [-0.4, -0.2) is 75.4 Å². The largest absolute Gasteiger partial charge is 0.385 e. The third-order valence-corrected chi connectivity index (χ3v) is 6.49. The topological polar surface area (TPSA) is 49.3 Å². The first kappa shape index (κ1) is 24.0. The summed E-state index contributed by atoms with van der Waals surface area (Å²) in [5.74, 6) is 1.81. The normalized spacial score (nSPS) is 21.5. The van der Waals surface area contributed by atoms with Crippen LogP contribution in [0.1, 0.15) is 50.2 Å². The van der Waals surface area contributed by atoms with Crippen LogP contribution in [0, 0.1) is 5.92 Å². The summed E-state index contributed by atoms with van der Waals surface area (Å²) >= 11 is 0. The molecular weight excluding hydrogens is 388 g/mol. The molecule has 2 aliphatic heterocycles. The minimum Gasteiger partial charge on any atom is -0.385 e. The fraction of sp³-hybridized carbons (Fsp3) is 0.720. The number of benzene rings is 1. The van der Waals surface area contributed by atoms with Crippen LogP contribution < -0.4 is 5.32 Å². The zero-order chi connectivity index (χ0) is 21.9. The van der Waals surface area contributed by atoms with E-state index in [-0.39, 0.29) is 0 Å². The molecule has 0 bridgehead atoms. The Morgan fingerprint density at radius 3 is 2.58 bits per heavy atom. The van der Waals surface area contributed by atoms with E-state index in [4.69, 9.17) is 9.47 Å². The van der Waals surface area contributed by atoms with E-state index in [0.29, 0.717) is 6.10 Å². The summed E-state index contributed by atoms with van der Waals surface area (Å²) in [6, 6.07) is 8.85. The first-order valence-corrected chi connectivity index (χ1v) is 12.0. The Kier molecular flexibility index (Phi) is 10.1. The smallest absolute Gasteiger partial charge is 0.193 e. The van der Waals surface area contributed by atoms with Crippen LogP contribution >= 0.6 is 0 Å². The maximum atomic E-state index is 6.00. The van der Waals surface area contributed by atoms with Crippen molar-refractivity contribution in [3.05, 3.63) is 35.4 Å². The lowest BCUT2D eigenvalue weighted by Gasteiger charge is -2.34. The van der Waals surface area contributed by atoms with Gasteiger partial charge in [-0.05, 0) is 55.7 Å². The Morgan fingerprint density at radius 2 is 1.87 bits per heavy atom. The second-order valence-corrected chi connectivity index (χ2v) is 9.06. The molecule has 6 heteroatoms. The summed E-state index contributed by atoms with van der Waals surface area (Å²) in [6.45, 7) is 10.2. The van der Waals surface area contributed by atoms with Crippen molar-refractivity contribution >= 4 is 5.96 Å². The zero-order valence-electron chi connectivity index (χ0n) is 19.8. The molecule has 2 saturated heterocycles. The molecule has 3 rings (SSSR count). The Labute approximate surface area is 189 Å². The number of likely N-dealkylation sites (tertiary alicyclic amines) is 2. The van der Waals surface area contributed by atoms with Gasteiger partial charge in [-0.25, -0.2) is 0 Å². The van der Waals surface area contributed by atoms with Gasteiger partial charge in [0, 0.05) is 60.1 Å². The maximum Gasteiger partial charge on any atom is 0.193 e. The van der Waals surface area contributed by atoms with E-state index in [0.717, 1.165) is 70.5 Å². The van der Waals surface area contributed by atoms with Gasteiger partial charge in [0.25, 0.3) is 0 Å². The van der Waals surface area contributed by atoms with Crippen molar-refractivity contribution < 1.29 is 9.47 Å². The van der Waals surface area contributed by atoms with Gasteiger partial charge in [0.1, 0.15) is 0 Å². The number of piperidine rings is 2. The van der Waals surface area contributed by atoms with E-state index >= 15 is 0 Å². The van der Waals surface area contributed by atoms with Gasteiger partial charge in [-0.3, -0.25) is 9.89 Å². The highest BCUT2D eigenvalue weighted by molar-refractivity contribution is 5.80. The number of nitrogens with zero attached hydrogens (tertiary/aromatic N) is 3. The van der Waals surface area contributed by atoms with Gasteiger partial charge in [0.15, 0.2) is 5.96 Å². The van der Waals surface area contributed by atoms with Crippen LogP contribution in [0.15, 0.2) is 29.3 Å². The Hall–Kier alpha value is -1.63. The molecular formula is C25H42N4O2. The lowest BCUT2D eigenvalue weighted by molar-refractivity contribution is 0.00989. The molecule has 1 N–H and O–H groups in total. The number of ether oxygens (including phenoxy) is 2. The second kappa shape index (κ2) is 13.0. The molecule has 1 aromatic carbocycles. The predicted octanol–water partition coefficient (Wildman–Crippen LogP) is 3.51. The summed E-state index contributed by atoms with van der Waals surface area (Å²) in [5.41, 5.74) is 2.81. The maximum absolute atomic E-state index is 6.00. The highest BCUT2D eigenvalue weighted by Crippen LogP contribution is 2.20. The summed E-state index contributed by atoms with van der Waals surface area (Å²) in [5, 5.41) is 3.62. The number of rotatable bonds is 9. The average molecular weight is 431 g/mol. The molecule has 2 heterocycles. The van der Waals surface area contributed by atoms with Crippen molar-refractivity contribution in [3.8, 4) is 0 Å². The molecule has 0 amide bonds. The third kappa shape index (κ3) is 7.78. The van der Waals surface area contributed by atoms with Crippen molar-refractivity contribution in [3.63, 3.8) is 0 Å². The van der Waals surface area contributed by atoms with E-state index in [2.05, 4.69) is 51.3 Å². The minimum absolute atomic E-state index is 0.360. The van der Waals surface area contributed by atoms with E-state index in [1.807, 2.05) is 7.05 Å². The summed E-state index contributed by atoms with van der Waals surface area (Å²) in [4.78, 5) is 9.53. The van der Waals surface area contributed by atoms with Gasteiger partial charge < -0.3 is 19.7 Å². The van der Waals surface area contributed by atoms with Crippen LogP contribution in [0.4, 0.5) is 0 Å². The Bertz CT molecular complexity index is 673. The first-order chi connectivity index (χ1) is 15.2. The van der Waals surface area contributed by atoms with Crippen LogP contribution in [0.25, 0.3) is 0 Å². The predicted molar refractivity (Wildman–Crippen MR) is 127 cm³/mol. The Balaban J connectivity index is 1.47.